The van der Waals surface area contributed by atoms with Crippen molar-refractivity contribution >= 4 is 29.8 Å². The van der Waals surface area contributed by atoms with Gasteiger partial charge in [0.05, 0.1) is 34.1 Å². The van der Waals surface area contributed by atoms with Crippen LogP contribution in [0.25, 0.3) is 12.2 Å². The van der Waals surface area contributed by atoms with Crippen molar-refractivity contribution < 1.29 is 38.5 Å². The lowest BCUT2D eigenvalue weighted by Crippen LogP contribution is -2.61. The second-order valence-electron chi connectivity index (χ2n) is 11.5. The van der Waals surface area contributed by atoms with Crippen molar-refractivity contribution in [1.29, 1.82) is 0 Å². The summed E-state index contributed by atoms with van der Waals surface area (Å²) in [6.45, 7) is 9.13. The van der Waals surface area contributed by atoms with Gasteiger partial charge in [-0.3, -0.25) is 4.79 Å². The van der Waals surface area contributed by atoms with E-state index in [0.717, 1.165) is 11.1 Å². The molecule has 3 rings (SSSR count). The first-order chi connectivity index (χ1) is 19.7. The Hall–Kier alpha value is -3.96. The Kier molecular flexibility index (Phi) is 10.3. The molecule has 0 unspecified atom stereocenters. The van der Waals surface area contributed by atoms with Crippen molar-refractivity contribution in [3.63, 3.8) is 0 Å². The molecule has 0 spiro atoms. The Morgan fingerprint density at radius 3 is 1.95 bits per heavy atom. The van der Waals surface area contributed by atoms with E-state index in [0.29, 0.717) is 41.5 Å². The summed E-state index contributed by atoms with van der Waals surface area (Å²) in [6, 6.07) is 8.12. The third kappa shape index (κ3) is 7.65. The lowest BCUT2D eigenvalue weighted by molar-refractivity contribution is -0.256. The third-order valence-corrected chi connectivity index (χ3v) is 7.24. The number of benzene rings is 2. The number of anilines is 1. The first-order valence-electron chi connectivity index (χ1n) is 13.7. The number of carbonyl (C=O) groups is 2. The number of nitrogens with one attached hydrogen (secondary N) is 2. The molecular weight excluding hydrogens is 542 g/mol. The number of piperidine rings is 1. The van der Waals surface area contributed by atoms with Gasteiger partial charge in [-0.25, -0.2) is 4.79 Å². The molecule has 2 aromatic carbocycles. The molecular formula is C31H43N3O8. The fourth-order valence-corrected chi connectivity index (χ4v) is 5.25. The normalized spacial score (nSPS) is 17.3. The van der Waals surface area contributed by atoms with E-state index in [1.807, 2.05) is 58.0 Å². The number of rotatable bonds is 10. The molecule has 0 aromatic heterocycles. The highest BCUT2D eigenvalue weighted by atomic mass is 16.6. The van der Waals surface area contributed by atoms with Crippen LogP contribution in [0.4, 0.5) is 10.5 Å². The predicted octanol–water partition coefficient (Wildman–Crippen LogP) is 5.36. The van der Waals surface area contributed by atoms with E-state index in [1.165, 1.54) is 12.2 Å². The molecule has 0 saturated carbocycles. The summed E-state index contributed by atoms with van der Waals surface area (Å²) in [5.74, 6) is 1.59. The number of methoxy groups -OCH3 is 4. The van der Waals surface area contributed by atoms with Gasteiger partial charge in [-0.15, -0.1) is 0 Å². The second kappa shape index (κ2) is 13.3. The number of nitrogens with zero attached hydrogens (tertiary/aromatic N) is 1. The largest absolute Gasteiger partial charge is 0.495 e. The summed E-state index contributed by atoms with van der Waals surface area (Å²) in [6.07, 6.45) is 3.54. The van der Waals surface area contributed by atoms with Crippen molar-refractivity contribution in [1.82, 2.24) is 10.4 Å². The molecule has 1 aliphatic heterocycles. The van der Waals surface area contributed by atoms with E-state index < -0.39 is 35.2 Å². The highest BCUT2D eigenvalue weighted by Crippen LogP contribution is 2.39. The van der Waals surface area contributed by atoms with Crippen LogP contribution in [0.2, 0.25) is 0 Å². The van der Waals surface area contributed by atoms with Crippen molar-refractivity contribution in [3.05, 3.63) is 41.5 Å². The second-order valence-corrected chi connectivity index (χ2v) is 11.5. The van der Waals surface area contributed by atoms with Crippen molar-refractivity contribution in [3.8, 4) is 23.0 Å². The van der Waals surface area contributed by atoms with Gasteiger partial charge in [0.15, 0.2) is 11.5 Å². The highest BCUT2D eigenvalue weighted by molar-refractivity contribution is 5.97. The molecule has 0 radical (unpaired) electrons. The van der Waals surface area contributed by atoms with Gasteiger partial charge in [-0.1, -0.05) is 18.2 Å². The smallest absolute Gasteiger partial charge is 0.408 e. The van der Waals surface area contributed by atoms with Crippen LogP contribution < -0.4 is 29.6 Å². The van der Waals surface area contributed by atoms with Crippen molar-refractivity contribution in [2.24, 2.45) is 0 Å². The molecule has 2 amide bonds. The average molecular weight is 586 g/mol. The lowest BCUT2D eigenvalue weighted by Gasteiger charge is -2.50. The van der Waals surface area contributed by atoms with Gasteiger partial charge < -0.3 is 39.5 Å². The molecule has 42 heavy (non-hydrogen) atoms. The molecule has 1 saturated heterocycles. The maximum atomic E-state index is 13.0. The summed E-state index contributed by atoms with van der Waals surface area (Å²) in [5.41, 5.74) is 0.906. The topological polar surface area (TPSA) is 128 Å². The lowest BCUT2D eigenvalue weighted by atomic mass is 9.80. The van der Waals surface area contributed by atoms with Gasteiger partial charge >= 0.3 is 6.09 Å². The Labute approximate surface area is 247 Å². The summed E-state index contributed by atoms with van der Waals surface area (Å²) in [4.78, 5) is 25.7. The molecule has 0 aliphatic carbocycles. The van der Waals surface area contributed by atoms with Gasteiger partial charge in [0.2, 0.25) is 11.7 Å². The van der Waals surface area contributed by atoms with Crippen LogP contribution in [0.15, 0.2) is 30.3 Å². The maximum absolute atomic E-state index is 13.0. The Bertz CT molecular complexity index is 1260. The monoisotopic (exact) mass is 585 g/mol. The molecule has 1 aliphatic rings. The van der Waals surface area contributed by atoms with Crippen LogP contribution >= 0.6 is 0 Å². The van der Waals surface area contributed by atoms with Crippen LogP contribution in [-0.4, -0.2) is 73.9 Å². The Balaban J connectivity index is 1.68. The summed E-state index contributed by atoms with van der Waals surface area (Å²) >= 11 is 0. The molecule has 2 aromatic rings. The molecule has 1 heterocycles. The minimum Gasteiger partial charge on any atom is -0.495 e. The predicted molar refractivity (Wildman–Crippen MR) is 161 cm³/mol. The van der Waals surface area contributed by atoms with E-state index >= 15 is 0 Å². The number of ether oxygens (including phenoxy) is 5. The molecule has 11 heteroatoms. The van der Waals surface area contributed by atoms with Gasteiger partial charge in [-0.2, -0.15) is 5.06 Å². The minimum absolute atomic E-state index is 0.414. The highest BCUT2D eigenvalue weighted by Gasteiger charge is 2.46. The fourth-order valence-electron chi connectivity index (χ4n) is 5.25. The number of hydroxylamine groups is 2. The van der Waals surface area contributed by atoms with E-state index in [4.69, 9.17) is 23.7 Å². The van der Waals surface area contributed by atoms with E-state index in [2.05, 4.69) is 10.6 Å². The number of amides is 2. The Morgan fingerprint density at radius 2 is 1.43 bits per heavy atom. The zero-order valence-electron chi connectivity index (χ0n) is 25.9. The zero-order chi connectivity index (χ0) is 31.2. The minimum atomic E-state index is -0.889. The molecule has 0 bridgehead atoms. The molecule has 3 N–H and O–H groups in total. The first-order valence-corrected chi connectivity index (χ1v) is 13.7. The number of hydrogen-bond acceptors (Lipinski definition) is 9. The molecule has 1 atom stereocenters. The van der Waals surface area contributed by atoms with Crippen LogP contribution in [0, 0.1) is 0 Å². The van der Waals surface area contributed by atoms with Gasteiger partial charge in [0.25, 0.3) is 0 Å². The SMILES string of the molecule is COc1ccc(/C=C\c2cc(OC)c(OC)c(OC)c2)cc1NC(=O)[C@H](C)NC(=O)OC1CC(C)(C)N(O)C(C)(C)C1. The van der Waals surface area contributed by atoms with Crippen LogP contribution in [0.3, 0.4) is 0 Å². The Morgan fingerprint density at radius 1 is 0.881 bits per heavy atom. The molecule has 11 nitrogen and oxygen atoms in total. The number of hydrogen-bond donors (Lipinski definition) is 3. The summed E-state index contributed by atoms with van der Waals surface area (Å²) in [5, 5.41) is 17.2. The van der Waals surface area contributed by atoms with Crippen molar-refractivity contribution in [2.45, 2.75) is 70.7 Å². The number of alkyl carbamates (subject to hydrolysis) is 1. The zero-order valence-corrected chi connectivity index (χ0v) is 25.9. The van der Waals surface area contributed by atoms with Gasteiger partial charge in [0.1, 0.15) is 17.9 Å². The average Bonchev–Trinajstić information content (AvgIpc) is 2.93. The van der Waals surface area contributed by atoms with Crippen LogP contribution in [-0.2, 0) is 9.53 Å². The van der Waals surface area contributed by atoms with Gasteiger partial charge in [0, 0.05) is 23.9 Å². The van der Waals surface area contributed by atoms with E-state index in [1.54, 1.807) is 40.4 Å². The summed E-state index contributed by atoms with van der Waals surface area (Å²) < 4.78 is 27.3. The van der Waals surface area contributed by atoms with Crippen molar-refractivity contribution in [2.75, 3.05) is 33.8 Å². The van der Waals surface area contributed by atoms with Crippen LogP contribution in [0.5, 0.6) is 23.0 Å². The third-order valence-electron chi connectivity index (χ3n) is 7.24. The first kappa shape index (κ1) is 32.6. The van der Waals surface area contributed by atoms with E-state index in [9.17, 15) is 14.8 Å². The number of carbonyl (C=O) groups excluding carboxylic acids is 2. The van der Waals surface area contributed by atoms with E-state index in [-0.39, 0.29) is 0 Å². The fraction of sp³-hybridized carbons (Fsp3) is 0.484. The molecule has 230 valence electrons. The maximum Gasteiger partial charge on any atom is 0.408 e. The summed E-state index contributed by atoms with van der Waals surface area (Å²) in [7, 11) is 6.17. The quantitative estimate of drug-likeness (QED) is 0.316. The standard InChI is InChI=1S/C31H43N3O8/c1-19(32-29(36)42-22-17-30(2,3)34(37)31(4,5)18-22)28(35)33-23-14-20(12-13-24(23)38-6)10-11-21-15-25(39-7)27(41-9)26(16-21)40-8/h10-16,19,22,37H,17-18H2,1-9H3,(H,32,36)(H,33,35)/b11-10-/t19-/m0/s1. The molecule has 1 fully saturated rings. The van der Waals surface area contributed by atoms with Crippen LogP contribution in [0.1, 0.15) is 58.6 Å². The van der Waals surface area contributed by atoms with Gasteiger partial charge in [-0.05, 0) is 70.0 Å².